The van der Waals surface area contributed by atoms with Crippen molar-refractivity contribution in [3.63, 3.8) is 0 Å². The highest BCUT2D eigenvalue weighted by molar-refractivity contribution is 6.09. The van der Waals surface area contributed by atoms with Gasteiger partial charge in [0.15, 0.2) is 11.6 Å². The zero-order valence-electron chi connectivity index (χ0n) is 26.6. The van der Waals surface area contributed by atoms with E-state index in [4.69, 9.17) is 19.3 Å². The average Bonchev–Trinajstić information content (AvgIpc) is 3.43. The van der Waals surface area contributed by atoms with E-state index < -0.39 is 5.97 Å². The molecule has 1 aliphatic carbocycles. The molecule has 0 spiro atoms. The van der Waals surface area contributed by atoms with Gasteiger partial charge in [0.2, 0.25) is 5.91 Å². The van der Waals surface area contributed by atoms with E-state index in [2.05, 4.69) is 25.0 Å². The maximum atomic E-state index is 13.7. The summed E-state index contributed by atoms with van der Waals surface area (Å²) in [6, 6.07) is 4.11. The van der Waals surface area contributed by atoms with Crippen molar-refractivity contribution in [2.45, 2.75) is 59.4 Å². The van der Waals surface area contributed by atoms with Crippen molar-refractivity contribution in [2.24, 2.45) is 0 Å². The van der Waals surface area contributed by atoms with Crippen molar-refractivity contribution < 1.29 is 38.5 Å². The van der Waals surface area contributed by atoms with Crippen LogP contribution in [-0.4, -0.2) is 96.0 Å². The highest BCUT2D eigenvalue weighted by Gasteiger charge is 2.23. The van der Waals surface area contributed by atoms with Crippen molar-refractivity contribution in [3.05, 3.63) is 58.3 Å². The summed E-state index contributed by atoms with van der Waals surface area (Å²) in [6.45, 7) is 9.44. The third-order valence-corrected chi connectivity index (χ3v) is 7.95. The summed E-state index contributed by atoms with van der Waals surface area (Å²) in [5, 5.41) is 13.9. The largest absolute Gasteiger partial charge is 0.480 e. The minimum absolute atomic E-state index is 0.0216. The van der Waals surface area contributed by atoms with E-state index in [1.54, 1.807) is 11.1 Å². The standard InChI is InChI=1S/C34H43N3O8/c1-22(2)37-30-18-26(17-28(29(30)19-35-37)31(38)6-5-27-24(4)15-23(3)16-32(27)39)25-7-9-36(10-8-25)33(40)20-44-13-11-43-12-14-45-21-34(41)42/h7,15,17-19,22H,5-6,8-14,16,20-21H2,1-4H3,(H,41,42). The first-order valence-corrected chi connectivity index (χ1v) is 15.4. The fraction of sp³-hybridized carbons (Fsp3) is 0.500. The number of aliphatic carboxylic acids is 1. The molecule has 0 radical (unpaired) electrons. The molecule has 1 amide bonds. The Kier molecular flexibility index (Phi) is 12.0. The Bertz CT molecular complexity index is 1530. The van der Waals surface area contributed by atoms with Crippen LogP contribution in [0.4, 0.5) is 0 Å². The van der Waals surface area contributed by atoms with Gasteiger partial charge >= 0.3 is 5.97 Å². The molecule has 242 valence electrons. The number of amides is 1. The quantitative estimate of drug-likeness (QED) is 0.211. The molecule has 0 fully saturated rings. The van der Waals surface area contributed by atoms with Crippen LogP contribution in [0.25, 0.3) is 16.5 Å². The molecule has 1 aromatic carbocycles. The first-order chi connectivity index (χ1) is 21.5. The average molecular weight is 622 g/mol. The molecule has 0 unspecified atom stereocenters. The Morgan fingerprint density at radius 2 is 1.73 bits per heavy atom. The predicted molar refractivity (Wildman–Crippen MR) is 169 cm³/mol. The Balaban J connectivity index is 1.38. The van der Waals surface area contributed by atoms with Crippen LogP contribution in [0.2, 0.25) is 0 Å². The topological polar surface area (TPSA) is 137 Å². The van der Waals surface area contributed by atoms with Crippen LogP contribution in [0.3, 0.4) is 0 Å². The van der Waals surface area contributed by atoms with Crippen LogP contribution in [-0.2, 0) is 28.6 Å². The molecular weight excluding hydrogens is 578 g/mol. The number of carboxylic acids is 1. The molecule has 0 bridgehead atoms. The molecule has 1 N–H and O–H groups in total. The van der Waals surface area contributed by atoms with Crippen LogP contribution in [0.5, 0.6) is 0 Å². The van der Waals surface area contributed by atoms with Crippen LogP contribution in [0.1, 0.15) is 75.3 Å². The lowest BCUT2D eigenvalue weighted by Gasteiger charge is -2.27. The molecule has 0 atom stereocenters. The Labute approximate surface area is 263 Å². The molecule has 0 saturated heterocycles. The SMILES string of the molecule is CC1=CC(C)=C(CCC(=O)c2cc(C3=CCN(C(=O)COCCOCCOCC(=O)O)CC3)cc3c2cnn3C(C)C)C(=O)C1. The van der Waals surface area contributed by atoms with Gasteiger partial charge in [0, 0.05) is 42.9 Å². The van der Waals surface area contributed by atoms with E-state index in [0.717, 1.165) is 38.8 Å². The first kappa shape index (κ1) is 34.0. The van der Waals surface area contributed by atoms with E-state index in [1.807, 2.05) is 36.7 Å². The Morgan fingerprint density at radius 1 is 1.02 bits per heavy atom. The van der Waals surface area contributed by atoms with Crippen LogP contribution in [0, 0.1) is 0 Å². The molecule has 2 heterocycles. The smallest absolute Gasteiger partial charge is 0.329 e. The molecule has 2 aliphatic rings. The van der Waals surface area contributed by atoms with Gasteiger partial charge in [-0.1, -0.05) is 17.7 Å². The molecule has 1 aliphatic heterocycles. The Hall–Kier alpha value is -3.93. The van der Waals surface area contributed by atoms with Gasteiger partial charge in [0.25, 0.3) is 0 Å². The van der Waals surface area contributed by atoms with E-state index >= 15 is 0 Å². The molecule has 11 heteroatoms. The summed E-state index contributed by atoms with van der Waals surface area (Å²) in [4.78, 5) is 51.2. The molecule has 2 aromatic rings. The number of benzene rings is 1. The monoisotopic (exact) mass is 621 g/mol. The maximum Gasteiger partial charge on any atom is 0.329 e. The second-order valence-electron chi connectivity index (χ2n) is 11.7. The van der Waals surface area contributed by atoms with Gasteiger partial charge in [0.1, 0.15) is 13.2 Å². The third kappa shape index (κ3) is 9.06. The number of carboxylic acid groups (broad SMARTS) is 1. The lowest BCUT2D eigenvalue weighted by molar-refractivity contribution is -0.142. The molecule has 0 saturated carbocycles. The number of aromatic nitrogens is 2. The number of Topliss-reactive ketones (excluding diaryl/α,β-unsaturated/α-hetero) is 2. The fourth-order valence-electron chi connectivity index (χ4n) is 5.68. The van der Waals surface area contributed by atoms with Gasteiger partial charge in [-0.25, -0.2) is 4.79 Å². The van der Waals surface area contributed by atoms with E-state index in [-0.39, 0.29) is 69.6 Å². The molecule has 1 aromatic heterocycles. The summed E-state index contributed by atoms with van der Waals surface area (Å²) in [6.07, 6.45) is 7.49. The minimum atomic E-state index is -1.03. The summed E-state index contributed by atoms with van der Waals surface area (Å²) in [5.41, 5.74) is 6.20. The predicted octanol–water partition coefficient (Wildman–Crippen LogP) is 4.57. The van der Waals surface area contributed by atoms with Gasteiger partial charge in [0.05, 0.1) is 38.1 Å². The molecule has 11 nitrogen and oxygen atoms in total. The zero-order chi connectivity index (χ0) is 32.5. The summed E-state index contributed by atoms with van der Waals surface area (Å²) in [7, 11) is 0. The third-order valence-electron chi connectivity index (χ3n) is 7.95. The molecular formula is C34H43N3O8. The van der Waals surface area contributed by atoms with E-state index in [9.17, 15) is 19.2 Å². The highest BCUT2D eigenvalue weighted by Crippen LogP contribution is 2.32. The number of allylic oxidation sites excluding steroid dienone is 4. The summed E-state index contributed by atoms with van der Waals surface area (Å²) in [5.74, 6) is -1.08. The maximum absolute atomic E-state index is 13.7. The Morgan fingerprint density at radius 3 is 2.38 bits per heavy atom. The number of hydrogen-bond donors (Lipinski definition) is 1. The lowest BCUT2D eigenvalue weighted by Crippen LogP contribution is -2.37. The number of rotatable bonds is 16. The number of carbonyl (C=O) groups excluding carboxylic acids is 3. The van der Waals surface area contributed by atoms with Gasteiger partial charge in [-0.2, -0.15) is 5.10 Å². The summed E-state index contributed by atoms with van der Waals surface area (Å²) < 4.78 is 17.6. The number of hydrogen-bond acceptors (Lipinski definition) is 8. The van der Waals surface area contributed by atoms with E-state index in [0.29, 0.717) is 37.9 Å². The number of ether oxygens (including phenoxy) is 3. The number of carbonyl (C=O) groups is 4. The van der Waals surface area contributed by atoms with Crippen LogP contribution < -0.4 is 0 Å². The van der Waals surface area contributed by atoms with Crippen LogP contribution >= 0.6 is 0 Å². The normalized spacial score (nSPS) is 15.6. The number of ketones is 2. The lowest BCUT2D eigenvalue weighted by atomic mass is 9.88. The molecule has 4 rings (SSSR count). The fourth-order valence-corrected chi connectivity index (χ4v) is 5.68. The first-order valence-electron chi connectivity index (χ1n) is 15.4. The second-order valence-corrected chi connectivity index (χ2v) is 11.7. The van der Waals surface area contributed by atoms with Gasteiger partial charge in [-0.05, 0) is 75.0 Å². The van der Waals surface area contributed by atoms with Crippen molar-refractivity contribution in [1.82, 2.24) is 14.7 Å². The van der Waals surface area contributed by atoms with Crippen LogP contribution in [0.15, 0.2) is 47.2 Å². The van der Waals surface area contributed by atoms with Gasteiger partial charge in [-0.3, -0.25) is 19.1 Å². The van der Waals surface area contributed by atoms with Crippen molar-refractivity contribution in [3.8, 4) is 0 Å². The van der Waals surface area contributed by atoms with Gasteiger partial charge < -0.3 is 24.2 Å². The highest BCUT2D eigenvalue weighted by atomic mass is 16.5. The summed E-state index contributed by atoms with van der Waals surface area (Å²) >= 11 is 0. The number of fused-ring (bicyclic) bond motifs is 1. The van der Waals surface area contributed by atoms with Gasteiger partial charge in [-0.15, -0.1) is 0 Å². The minimum Gasteiger partial charge on any atom is -0.480 e. The van der Waals surface area contributed by atoms with Crippen molar-refractivity contribution in [1.29, 1.82) is 0 Å². The zero-order valence-corrected chi connectivity index (χ0v) is 26.6. The second kappa shape index (κ2) is 15.9. The van der Waals surface area contributed by atoms with E-state index in [1.165, 1.54) is 0 Å². The van der Waals surface area contributed by atoms with Crippen molar-refractivity contribution >= 4 is 39.9 Å². The van der Waals surface area contributed by atoms with Crippen molar-refractivity contribution in [2.75, 3.05) is 52.7 Å². The number of nitrogens with zero attached hydrogens (tertiary/aromatic N) is 3. The molecule has 45 heavy (non-hydrogen) atoms.